The Morgan fingerprint density at radius 1 is 0.850 bits per heavy atom. The molecule has 0 aliphatic carbocycles. The van der Waals surface area contributed by atoms with Crippen molar-refractivity contribution in [1.82, 2.24) is 0 Å². The quantitative estimate of drug-likeness (QED) is 0.367. The molecule has 0 aliphatic heterocycles. The largest absolute Gasteiger partial charge is 0.466 e. The summed E-state index contributed by atoms with van der Waals surface area (Å²) in [5.41, 5.74) is 0. The predicted octanol–water partition coefficient (Wildman–Crippen LogP) is 1.99. The van der Waals surface area contributed by atoms with Crippen LogP contribution in [0.4, 0.5) is 0 Å². The van der Waals surface area contributed by atoms with Gasteiger partial charge in [-0.05, 0) is 32.6 Å². The lowest BCUT2D eigenvalue weighted by Gasteiger charge is -2.19. The number of hydrogen-bond acceptors (Lipinski definition) is 6. The summed E-state index contributed by atoms with van der Waals surface area (Å²) < 4.78 is 15.0. The van der Waals surface area contributed by atoms with E-state index in [1.54, 1.807) is 6.92 Å². The van der Waals surface area contributed by atoms with Crippen LogP contribution in [-0.4, -0.2) is 36.7 Å². The third-order valence-corrected chi connectivity index (χ3v) is 2.57. The molecule has 0 aromatic heterocycles. The Morgan fingerprint density at radius 3 is 1.95 bits per heavy atom. The summed E-state index contributed by atoms with van der Waals surface area (Å²) in [4.78, 5) is 32.4. The van der Waals surface area contributed by atoms with E-state index in [-0.39, 0.29) is 30.1 Å². The van der Waals surface area contributed by atoms with E-state index in [1.807, 2.05) is 0 Å². The normalized spacial score (nSPS) is 13.2. The first-order valence-electron chi connectivity index (χ1n) is 6.79. The lowest BCUT2D eigenvalue weighted by molar-refractivity contribution is -0.150. The van der Waals surface area contributed by atoms with E-state index in [9.17, 15) is 14.4 Å². The van der Waals surface area contributed by atoms with Crippen LogP contribution >= 0.6 is 0 Å². The van der Waals surface area contributed by atoms with Crippen LogP contribution in [0.5, 0.6) is 0 Å². The Labute approximate surface area is 119 Å². The van der Waals surface area contributed by atoms with Crippen LogP contribution in [-0.2, 0) is 28.6 Å². The minimum atomic E-state index is -0.345. The standard InChI is InChI=1S/C14H24O6/c1-10(19-12(3)16)7-8-14(20-13(4)17)6-5-9-18-11(2)15/h10,14H,5-9H2,1-4H3/t10-,14+/m0/s1. The maximum atomic E-state index is 11.0. The van der Waals surface area contributed by atoms with Gasteiger partial charge in [-0.3, -0.25) is 14.4 Å². The van der Waals surface area contributed by atoms with Crippen LogP contribution in [0.1, 0.15) is 53.4 Å². The smallest absolute Gasteiger partial charge is 0.302 e. The zero-order chi connectivity index (χ0) is 15.5. The second kappa shape index (κ2) is 10.2. The molecule has 0 heterocycles. The van der Waals surface area contributed by atoms with Crippen LogP contribution in [0.25, 0.3) is 0 Å². The fraction of sp³-hybridized carbons (Fsp3) is 0.786. The van der Waals surface area contributed by atoms with E-state index in [2.05, 4.69) is 0 Å². The predicted molar refractivity (Wildman–Crippen MR) is 71.9 cm³/mol. The molecule has 2 atom stereocenters. The summed E-state index contributed by atoms with van der Waals surface area (Å²) in [5, 5.41) is 0. The average molecular weight is 288 g/mol. The zero-order valence-corrected chi connectivity index (χ0v) is 12.6. The molecule has 0 bridgehead atoms. The van der Waals surface area contributed by atoms with Crippen LogP contribution in [0.3, 0.4) is 0 Å². The number of esters is 3. The van der Waals surface area contributed by atoms with Crippen molar-refractivity contribution in [2.45, 2.75) is 65.6 Å². The van der Waals surface area contributed by atoms with Crippen molar-refractivity contribution in [1.29, 1.82) is 0 Å². The van der Waals surface area contributed by atoms with Crippen LogP contribution in [0.2, 0.25) is 0 Å². The third kappa shape index (κ3) is 11.5. The molecule has 6 heteroatoms. The topological polar surface area (TPSA) is 78.9 Å². The van der Waals surface area contributed by atoms with Gasteiger partial charge in [0.15, 0.2) is 0 Å². The van der Waals surface area contributed by atoms with Crippen molar-refractivity contribution in [3.8, 4) is 0 Å². The molecule has 0 N–H and O–H groups in total. The Kier molecular flexibility index (Phi) is 9.41. The van der Waals surface area contributed by atoms with Crippen LogP contribution in [0, 0.1) is 0 Å². The van der Waals surface area contributed by atoms with Crippen molar-refractivity contribution < 1.29 is 28.6 Å². The van der Waals surface area contributed by atoms with Gasteiger partial charge in [0, 0.05) is 20.8 Å². The van der Waals surface area contributed by atoms with E-state index in [4.69, 9.17) is 14.2 Å². The molecule has 0 unspecified atom stereocenters. The SMILES string of the molecule is CC(=O)OCCC[C@H](CC[C@H](C)OC(C)=O)OC(C)=O. The van der Waals surface area contributed by atoms with Gasteiger partial charge in [0.25, 0.3) is 0 Å². The summed E-state index contributed by atoms with van der Waals surface area (Å²) in [7, 11) is 0. The lowest BCUT2D eigenvalue weighted by Crippen LogP contribution is -2.21. The van der Waals surface area contributed by atoms with Gasteiger partial charge in [-0.15, -0.1) is 0 Å². The van der Waals surface area contributed by atoms with Crippen molar-refractivity contribution >= 4 is 17.9 Å². The minimum Gasteiger partial charge on any atom is -0.466 e. The molecule has 6 nitrogen and oxygen atoms in total. The third-order valence-electron chi connectivity index (χ3n) is 2.57. The fourth-order valence-electron chi connectivity index (χ4n) is 1.79. The molecular weight excluding hydrogens is 264 g/mol. The van der Waals surface area contributed by atoms with Gasteiger partial charge in [0.2, 0.25) is 0 Å². The first-order chi connectivity index (χ1) is 9.31. The molecule has 0 aromatic rings. The molecular formula is C14H24O6. The van der Waals surface area contributed by atoms with E-state index in [0.29, 0.717) is 32.3 Å². The second-order valence-electron chi connectivity index (χ2n) is 4.71. The van der Waals surface area contributed by atoms with Gasteiger partial charge >= 0.3 is 17.9 Å². The minimum absolute atomic E-state index is 0.209. The van der Waals surface area contributed by atoms with Gasteiger partial charge in [-0.25, -0.2) is 0 Å². The highest BCUT2D eigenvalue weighted by Crippen LogP contribution is 2.13. The van der Waals surface area contributed by atoms with Crippen molar-refractivity contribution in [2.75, 3.05) is 6.61 Å². The van der Waals surface area contributed by atoms with Crippen molar-refractivity contribution in [3.05, 3.63) is 0 Å². The second-order valence-corrected chi connectivity index (χ2v) is 4.71. The number of carbonyl (C=O) groups excluding carboxylic acids is 3. The summed E-state index contributed by atoms with van der Waals surface area (Å²) in [6.45, 7) is 6.18. The summed E-state index contributed by atoms with van der Waals surface area (Å²) in [5.74, 6) is -0.989. The molecule has 0 saturated carbocycles. The fourth-order valence-corrected chi connectivity index (χ4v) is 1.79. The lowest BCUT2D eigenvalue weighted by atomic mass is 10.1. The van der Waals surface area contributed by atoms with Gasteiger partial charge in [0.1, 0.15) is 6.10 Å². The first kappa shape index (κ1) is 18.4. The zero-order valence-electron chi connectivity index (χ0n) is 12.6. The average Bonchev–Trinajstić information content (AvgIpc) is 2.29. The highest BCUT2D eigenvalue weighted by atomic mass is 16.5. The first-order valence-corrected chi connectivity index (χ1v) is 6.79. The molecule has 20 heavy (non-hydrogen) atoms. The molecule has 0 radical (unpaired) electrons. The van der Waals surface area contributed by atoms with E-state index < -0.39 is 0 Å². The van der Waals surface area contributed by atoms with Gasteiger partial charge in [-0.1, -0.05) is 0 Å². The van der Waals surface area contributed by atoms with Gasteiger partial charge in [0.05, 0.1) is 12.7 Å². The monoisotopic (exact) mass is 288 g/mol. The summed E-state index contributed by atoms with van der Waals surface area (Å²) in [6.07, 6.45) is 2.00. The van der Waals surface area contributed by atoms with Crippen LogP contribution < -0.4 is 0 Å². The highest BCUT2D eigenvalue weighted by molar-refractivity contribution is 5.66. The molecule has 0 saturated heterocycles. The van der Waals surface area contributed by atoms with E-state index in [1.165, 1.54) is 20.8 Å². The Bertz CT molecular complexity index is 326. The number of carbonyl (C=O) groups is 3. The number of rotatable bonds is 9. The molecule has 0 aliphatic rings. The maximum absolute atomic E-state index is 11.0. The van der Waals surface area contributed by atoms with Gasteiger partial charge in [-0.2, -0.15) is 0 Å². The Hall–Kier alpha value is -1.59. The van der Waals surface area contributed by atoms with Crippen molar-refractivity contribution in [2.24, 2.45) is 0 Å². The molecule has 0 fully saturated rings. The molecule has 0 aromatic carbocycles. The summed E-state index contributed by atoms with van der Waals surface area (Å²) in [6, 6.07) is 0. The van der Waals surface area contributed by atoms with E-state index in [0.717, 1.165) is 0 Å². The maximum Gasteiger partial charge on any atom is 0.302 e. The molecule has 0 amide bonds. The number of hydrogen-bond donors (Lipinski definition) is 0. The Balaban J connectivity index is 4.04. The Morgan fingerprint density at radius 2 is 1.45 bits per heavy atom. The van der Waals surface area contributed by atoms with E-state index >= 15 is 0 Å². The highest BCUT2D eigenvalue weighted by Gasteiger charge is 2.15. The van der Waals surface area contributed by atoms with Crippen LogP contribution in [0.15, 0.2) is 0 Å². The number of ether oxygens (including phenoxy) is 3. The van der Waals surface area contributed by atoms with Crippen molar-refractivity contribution in [3.63, 3.8) is 0 Å². The summed E-state index contributed by atoms with van der Waals surface area (Å²) >= 11 is 0. The van der Waals surface area contributed by atoms with Gasteiger partial charge < -0.3 is 14.2 Å². The molecule has 0 rings (SSSR count). The molecule has 116 valence electrons. The molecule has 0 spiro atoms.